The zero-order valence-corrected chi connectivity index (χ0v) is 12.1. The average Bonchev–Trinajstić information content (AvgIpc) is 3.16. The van der Waals surface area contributed by atoms with Crippen molar-refractivity contribution in [2.75, 3.05) is 6.61 Å². The van der Waals surface area contributed by atoms with Crippen LogP contribution in [0.3, 0.4) is 0 Å². The Kier molecular flexibility index (Phi) is 4.31. The maximum Gasteiger partial charge on any atom is 0.406 e. The molecule has 0 spiro atoms. The number of terminal acetylenes is 1. The zero-order valence-electron chi connectivity index (χ0n) is 10.6. The lowest BCUT2D eigenvalue weighted by Gasteiger charge is -2.21. The molecule has 0 unspecified atom stereocenters. The molecule has 6 heteroatoms. The van der Waals surface area contributed by atoms with E-state index in [0.717, 1.165) is 4.47 Å². The first-order chi connectivity index (χ1) is 9.38. The van der Waals surface area contributed by atoms with Crippen molar-refractivity contribution < 1.29 is 17.9 Å². The number of ether oxygens (including phenoxy) is 1. The fourth-order valence-corrected chi connectivity index (χ4v) is 2.30. The average molecular weight is 348 g/mol. The predicted octanol–water partition coefficient (Wildman–Crippen LogP) is 3.65. The lowest BCUT2D eigenvalue weighted by molar-refractivity contribution is -0.166. The van der Waals surface area contributed by atoms with Gasteiger partial charge in [0.1, 0.15) is 17.9 Å². The SMILES string of the molecule is C#CCOc1ccc(Br)cc1CNC1(C(F)(F)F)CC1. The van der Waals surface area contributed by atoms with Crippen LogP contribution in [0.15, 0.2) is 22.7 Å². The van der Waals surface area contributed by atoms with Crippen molar-refractivity contribution in [2.45, 2.75) is 31.1 Å². The Bertz CT molecular complexity index is 532. The van der Waals surface area contributed by atoms with Gasteiger partial charge >= 0.3 is 6.18 Å². The Morgan fingerprint density at radius 1 is 1.40 bits per heavy atom. The summed E-state index contributed by atoms with van der Waals surface area (Å²) in [5.41, 5.74) is -1.09. The minimum atomic E-state index is -4.22. The van der Waals surface area contributed by atoms with Crippen molar-refractivity contribution >= 4 is 15.9 Å². The molecule has 1 aromatic carbocycles. The van der Waals surface area contributed by atoms with Gasteiger partial charge in [0.25, 0.3) is 0 Å². The van der Waals surface area contributed by atoms with E-state index in [9.17, 15) is 13.2 Å². The summed E-state index contributed by atoms with van der Waals surface area (Å²) >= 11 is 3.29. The fraction of sp³-hybridized carbons (Fsp3) is 0.429. The van der Waals surface area contributed by atoms with E-state index in [2.05, 4.69) is 27.2 Å². The highest BCUT2D eigenvalue weighted by Crippen LogP contribution is 2.49. The Morgan fingerprint density at radius 3 is 2.65 bits per heavy atom. The van der Waals surface area contributed by atoms with E-state index in [4.69, 9.17) is 11.2 Å². The van der Waals surface area contributed by atoms with Gasteiger partial charge in [0, 0.05) is 16.6 Å². The summed E-state index contributed by atoms with van der Waals surface area (Å²) in [7, 11) is 0. The second kappa shape index (κ2) is 5.66. The van der Waals surface area contributed by atoms with Gasteiger partial charge in [-0.2, -0.15) is 13.2 Å². The first kappa shape index (κ1) is 15.2. The molecule has 0 bridgehead atoms. The molecular formula is C14H13BrF3NO. The van der Waals surface area contributed by atoms with E-state index in [-0.39, 0.29) is 26.0 Å². The van der Waals surface area contributed by atoms with Crippen LogP contribution in [0.5, 0.6) is 5.75 Å². The van der Waals surface area contributed by atoms with Crippen LogP contribution < -0.4 is 10.1 Å². The van der Waals surface area contributed by atoms with Gasteiger partial charge in [-0.15, -0.1) is 6.42 Å². The standard InChI is InChI=1S/C14H13BrF3NO/c1-2-7-20-12-4-3-11(15)8-10(12)9-19-13(5-6-13)14(16,17)18/h1,3-4,8,19H,5-7,9H2. The van der Waals surface area contributed by atoms with Gasteiger partial charge in [-0.1, -0.05) is 21.9 Å². The zero-order chi connectivity index (χ0) is 14.8. The summed E-state index contributed by atoms with van der Waals surface area (Å²) in [5.74, 6) is 2.83. The molecular weight excluding hydrogens is 335 g/mol. The summed E-state index contributed by atoms with van der Waals surface area (Å²) in [5, 5.41) is 2.59. The Hall–Kier alpha value is -1.19. The summed E-state index contributed by atoms with van der Waals surface area (Å²) in [6.07, 6.45) is 1.13. The van der Waals surface area contributed by atoms with Crippen molar-refractivity contribution in [3.05, 3.63) is 28.2 Å². The number of alkyl halides is 3. The number of halogens is 4. The van der Waals surface area contributed by atoms with Crippen molar-refractivity contribution in [2.24, 2.45) is 0 Å². The summed E-state index contributed by atoms with van der Waals surface area (Å²) in [6, 6.07) is 5.17. The Labute approximate surface area is 123 Å². The van der Waals surface area contributed by atoms with Crippen LogP contribution in [0, 0.1) is 12.3 Å². The quantitative estimate of drug-likeness (QED) is 0.821. The summed E-state index contributed by atoms with van der Waals surface area (Å²) < 4.78 is 44.7. The molecule has 20 heavy (non-hydrogen) atoms. The van der Waals surface area contributed by atoms with E-state index in [1.165, 1.54) is 0 Å². The number of benzene rings is 1. The molecule has 1 saturated carbocycles. The van der Waals surface area contributed by atoms with E-state index < -0.39 is 11.7 Å². The number of hydrogen-bond donors (Lipinski definition) is 1. The van der Waals surface area contributed by atoms with Crippen LogP contribution in [0.4, 0.5) is 13.2 Å². The first-order valence-electron chi connectivity index (χ1n) is 6.04. The maximum absolute atomic E-state index is 12.9. The largest absolute Gasteiger partial charge is 0.481 e. The molecule has 0 radical (unpaired) electrons. The first-order valence-corrected chi connectivity index (χ1v) is 6.84. The lowest BCUT2D eigenvalue weighted by Crippen LogP contribution is -2.44. The maximum atomic E-state index is 12.9. The van der Waals surface area contributed by atoms with E-state index >= 15 is 0 Å². The molecule has 2 rings (SSSR count). The smallest absolute Gasteiger partial charge is 0.406 e. The van der Waals surface area contributed by atoms with E-state index in [1.807, 2.05) is 0 Å². The van der Waals surface area contributed by atoms with Crippen LogP contribution in [0.1, 0.15) is 18.4 Å². The molecule has 0 atom stereocenters. The third-order valence-electron chi connectivity index (χ3n) is 3.24. The predicted molar refractivity (Wildman–Crippen MR) is 73.3 cm³/mol. The molecule has 1 fully saturated rings. The van der Waals surface area contributed by atoms with Gasteiger partial charge in [0.05, 0.1) is 0 Å². The van der Waals surface area contributed by atoms with Crippen molar-refractivity contribution in [3.8, 4) is 18.1 Å². The molecule has 2 nitrogen and oxygen atoms in total. The fourth-order valence-electron chi connectivity index (χ4n) is 1.90. The van der Waals surface area contributed by atoms with Crippen LogP contribution in [0.2, 0.25) is 0 Å². The lowest BCUT2D eigenvalue weighted by atomic mass is 10.1. The van der Waals surface area contributed by atoms with Crippen LogP contribution in [-0.4, -0.2) is 18.3 Å². The Morgan fingerprint density at radius 2 is 2.10 bits per heavy atom. The van der Waals surface area contributed by atoms with Crippen molar-refractivity contribution in [3.63, 3.8) is 0 Å². The number of rotatable bonds is 5. The van der Waals surface area contributed by atoms with Crippen molar-refractivity contribution in [1.82, 2.24) is 5.32 Å². The molecule has 1 aliphatic rings. The monoisotopic (exact) mass is 347 g/mol. The molecule has 1 N–H and O–H groups in total. The second-order valence-corrected chi connectivity index (χ2v) is 5.59. The van der Waals surface area contributed by atoms with Gasteiger partial charge < -0.3 is 4.74 Å². The molecule has 0 aromatic heterocycles. The third-order valence-corrected chi connectivity index (χ3v) is 3.74. The minimum Gasteiger partial charge on any atom is -0.481 e. The molecule has 1 aliphatic carbocycles. The highest BCUT2D eigenvalue weighted by atomic mass is 79.9. The van der Waals surface area contributed by atoms with Crippen LogP contribution >= 0.6 is 15.9 Å². The van der Waals surface area contributed by atoms with E-state index in [1.54, 1.807) is 18.2 Å². The summed E-state index contributed by atoms with van der Waals surface area (Å²) in [4.78, 5) is 0. The minimum absolute atomic E-state index is 0.0822. The van der Waals surface area contributed by atoms with Gasteiger partial charge in [-0.3, -0.25) is 5.32 Å². The molecule has 0 heterocycles. The second-order valence-electron chi connectivity index (χ2n) is 4.68. The van der Waals surface area contributed by atoms with Gasteiger partial charge in [-0.05, 0) is 31.0 Å². The van der Waals surface area contributed by atoms with Gasteiger partial charge in [0.15, 0.2) is 0 Å². The van der Waals surface area contributed by atoms with Gasteiger partial charge in [0.2, 0.25) is 0 Å². The summed E-state index contributed by atoms with van der Waals surface area (Å²) in [6.45, 7) is 0.165. The Balaban J connectivity index is 2.09. The molecule has 1 aromatic rings. The highest BCUT2D eigenvalue weighted by molar-refractivity contribution is 9.10. The van der Waals surface area contributed by atoms with E-state index in [0.29, 0.717) is 11.3 Å². The topological polar surface area (TPSA) is 21.3 Å². The van der Waals surface area contributed by atoms with Crippen LogP contribution in [0.25, 0.3) is 0 Å². The van der Waals surface area contributed by atoms with Gasteiger partial charge in [-0.25, -0.2) is 0 Å². The highest BCUT2D eigenvalue weighted by Gasteiger charge is 2.62. The molecule has 0 amide bonds. The molecule has 0 saturated heterocycles. The normalized spacial score (nSPS) is 16.6. The third kappa shape index (κ3) is 3.28. The number of nitrogens with one attached hydrogen (secondary N) is 1. The molecule has 108 valence electrons. The van der Waals surface area contributed by atoms with Crippen molar-refractivity contribution in [1.29, 1.82) is 0 Å². The molecule has 0 aliphatic heterocycles. The number of hydrogen-bond acceptors (Lipinski definition) is 2. The van der Waals surface area contributed by atoms with Crippen LogP contribution in [-0.2, 0) is 6.54 Å².